The summed E-state index contributed by atoms with van der Waals surface area (Å²) in [5.74, 6) is 0.422. The molecular formula is C18H18ClNO3. The molecule has 0 fully saturated rings. The molecule has 0 saturated carbocycles. The standard InChI is InChI=1S/C18H18ClNO3/c1-13(21)20-10-9-14-5-7-15(8-6-14)18(22)12-23-17-4-2-3-16(19)11-17/h2-8,11H,9-10,12H2,1H3,(H,20,21). The van der Waals surface area contributed by atoms with Crippen molar-refractivity contribution >= 4 is 23.3 Å². The molecule has 0 spiro atoms. The number of rotatable bonds is 7. The second-order valence-corrected chi connectivity index (χ2v) is 5.54. The fraction of sp³-hybridized carbons (Fsp3) is 0.222. The summed E-state index contributed by atoms with van der Waals surface area (Å²) in [6.07, 6.45) is 0.729. The van der Waals surface area contributed by atoms with E-state index in [1.54, 1.807) is 36.4 Å². The second kappa shape index (κ2) is 8.34. The van der Waals surface area contributed by atoms with Crippen molar-refractivity contribution in [3.8, 4) is 5.75 Å². The highest BCUT2D eigenvalue weighted by Gasteiger charge is 2.07. The first kappa shape index (κ1) is 17.0. The van der Waals surface area contributed by atoms with Crippen LogP contribution < -0.4 is 10.1 Å². The van der Waals surface area contributed by atoms with Gasteiger partial charge < -0.3 is 10.1 Å². The van der Waals surface area contributed by atoms with Gasteiger partial charge in [-0.1, -0.05) is 41.9 Å². The lowest BCUT2D eigenvalue weighted by Crippen LogP contribution is -2.22. The number of carbonyl (C=O) groups is 2. The minimum atomic E-state index is -0.0987. The molecule has 4 nitrogen and oxygen atoms in total. The summed E-state index contributed by atoms with van der Waals surface area (Å²) < 4.78 is 5.44. The lowest BCUT2D eigenvalue weighted by atomic mass is 10.1. The number of halogens is 1. The zero-order valence-corrected chi connectivity index (χ0v) is 13.6. The van der Waals surface area contributed by atoms with Crippen LogP contribution in [0, 0.1) is 0 Å². The molecule has 0 aliphatic carbocycles. The number of carbonyl (C=O) groups excluding carboxylic acids is 2. The van der Waals surface area contributed by atoms with Crippen LogP contribution in [-0.4, -0.2) is 24.8 Å². The molecule has 1 amide bonds. The molecule has 23 heavy (non-hydrogen) atoms. The van der Waals surface area contributed by atoms with Gasteiger partial charge in [0.1, 0.15) is 5.75 Å². The first-order valence-corrected chi connectivity index (χ1v) is 7.67. The number of ether oxygens (including phenoxy) is 1. The van der Waals surface area contributed by atoms with E-state index in [0.29, 0.717) is 22.9 Å². The molecule has 0 aliphatic rings. The van der Waals surface area contributed by atoms with Crippen molar-refractivity contribution < 1.29 is 14.3 Å². The summed E-state index contributed by atoms with van der Waals surface area (Å²) in [5, 5.41) is 3.31. The number of amides is 1. The van der Waals surface area contributed by atoms with E-state index in [0.717, 1.165) is 12.0 Å². The highest BCUT2D eigenvalue weighted by molar-refractivity contribution is 6.30. The Kier molecular flexibility index (Phi) is 6.18. The van der Waals surface area contributed by atoms with Crippen molar-refractivity contribution in [2.75, 3.05) is 13.2 Å². The topological polar surface area (TPSA) is 55.4 Å². The predicted molar refractivity (Wildman–Crippen MR) is 90.1 cm³/mol. The number of benzene rings is 2. The van der Waals surface area contributed by atoms with Crippen molar-refractivity contribution in [3.05, 3.63) is 64.7 Å². The summed E-state index contributed by atoms with van der Waals surface area (Å²) in [6, 6.07) is 14.2. The van der Waals surface area contributed by atoms with Crippen LogP contribution in [0.15, 0.2) is 48.5 Å². The van der Waals surface area contributed by atoms with Crippen LogP contribution in [0.25, 0.3) is 0 Å². The zero-order valence-electron chi connectivity index (χ0n) is 12.8. The molecule has 0 saturated heterocycles. The molecule has 120 valence electrons. The van der Waals surface area contributed by atoms with Crippen molar-refractivity contribution in [1.29, 1.82) is 0 Å². The number of hydrogen-bond donors (Lipinski definition) is 1. The van der Waals surface area contributed by atoms with Crippen LogP contribution in [0.4, 0.5) is 0 Å². The van der Waals surface area contributed by atoms with Crippen molar-refractivity contribution in [3.63, 3.8) is 0 Å². The van der Waals surface area contributed by atoms with Gasteiger partial charge in [-0.3, -0.25) is 9.59 Å². The minimum Gasteiger partial charge on any atom is -0.485 e. The third kappa shape index (κ3) is 5.75. The molecule has 0 bridgehead atoms. The number of ketones is 1. The van der Waals surface area contributed by atoms with Gasteiger partial charge in [-0.15, -0.1) is 0 Å². The van der Waals surface area contributed by atoms with E-state index in [2.05, 4.69) is 5.32 Å². The average molecular weight is 332 g/mol. The summed E-state index contributed by atoms with van der Waals surface area (Å²) >= 11 is 5.86. The number of Topliss-reactive ketones (excluding diaryl/α,β-unsaturated/α-hetero) is 1. The van der Waals surface area contributed by atoms with Gasteiger partial charge in [0, 0.05) is 24.1 Å². The monoisotopic (exact) mass is 331 g/mol. The Morgan fingerprint density at radius 2 is 1.87 bits per heavy atom. The number of hydrogen-bond acceptors (Lipinski definition) is 3. The second-order valence-electron chi connectivity index (χ2n) is 5.10. The lowest BCUT2D eigenvalue weighted by molar-refractivity contribution is -0.118. The summed E-state index contributed by atoms with van der Waals surface area (Å²) in [4.78, 5) is 22.9. The first-order valence-electron chi connectivity index (χ1n) is 7.29. The molecule has 0 unspecified atom stereocenters. The summed E-state index contributed by atoms with van der Waals surface area (Å²) in [5.41, 5.74) is 1.65. The highest BCUT2D eigenvalue weighted by Crippen LogP contribution is 2.17. The molecule has 2 aromatic carbocycles. The van der Waals surface area contributed by atoms with E-state index in [1.165, 1.54) is 6.92 Å². The zero-order chi connectivity index (χ0) is 16.7. The normalized spacial score (nSPS) is 10.2. The van der Waals surface area contributed by atoms with Crippen LogP contribution >= 0.6 is 11.6 Å². The van der Waals surface area contributed by atoms with E-state index in [4.69, 9.17) is 16.3 Å². The fourth-order valence-electron chi connectivity index (χ4n) is 2.03. The SMILES string of the molecule is CC(=O)NCCc1ccc(C(=O)COc2cccc(Cl)c2)cc1. The highest BCUT2D eigenvalue weighted by atomic mass is 35.5. The molecule has 0 radical (unpaired) electrons. The van der Waals surface area contributed by atoms with E-state index >= 15 is 0 Å². The van der Waals surface area contributed by atoms with Gasteiger partial charge in [0.2, 0.25) is 5.91 Å². The predicted octanol–water partition coefficient (Wildman–Crippen LogP) is 3.28. The van der Waals surface area contributed by atoms with Crippen LogP contribution in [0.5, 0.6) is 5.75 Å². The molecule has 0 atom stereocenters. The third-order valence-electron chi connectivity index (χ3n) is 3.23. The Hall–Kier alpha value is -2.33. The largest absolute Gasteiger partial charge is 0.485 e. The lowest BCUT2D eigenvalue weighted by Gasteiger charge is -2.07. The maximum absolute atomic E-state index is 12.1. The summed E-state index contributed by atoms with van der Waals surface area (Å²) in [6.45, 7) is 2.04. The van der Waals surface area contributed by atoms with Crippen LogP contribution in [0.3, 0.4) is 0 Å². The fourth-order valence-corrected chi connectivity index (χ4v) is 2.21. The van der Waals surface area contributed by atoms with E-state index < -0.39 is 0 Å². The van der Waals surface area contributed by atoms with Gasteiger partial charge >= 0.3 is 0 Å². The Balaban J connectivity index is 1.86. The molecule has 2 aromatic rings. The molecule has 0 heterocycles. The average Bonchev–Trinajstić information content (AvgIpc) is 2.53. The Bertz CT molecular complexity index is 683. The van der Waals surface area contributed by atoms with Gasteiger partial charge in [0.05, 0.1) is 0 Å². The van der Waals surface area contributed by atoms with Gasteiger partial charge in [0.15, 0.2) is 12.4 Å². The molecule has 0 aliphatic heterocycles. The van der Waals surface area contributed by atoms with Gasteiger partial charge in [-0.05, 0) is 30.2 Å². The van der Waals surface area contributed by atoms with Crippen LogP contribution in [0.2, 0.25) is 5.02 Å². The Morgan fingerprint density at radius 3 is 2.52 bits per heavy atom. The van der Waals surface area contributed by atoms with Crippen molar-refractivity contribution in [2.45, 2.75) is 13.3 Å². The quantitative estimate of drug-likeness (QED) is 0.792. The van der Waals surface area contributed by atoms with Gasteiger partial charge in [-0.2, -0.15) is 0 Å². The minimum absolute atomic E-state index is 0.0361. The third-order valence-corrected chi connectivity index (χ3v) is 3.46. The van der Waals surface area contributed by atoms with E-state index in [9.17, 15) is 9.59 Å². The van der Waals surface area contributed by atoms with E-state index in [1.807, 2.05) is 12.1 Å². The molecule has 5 heteroatoms. The smallest absolute Gasteiger partial charge is 0.216 e. The van der Waals surface area contributed by atoms with Gasteiger partial charge in [0.25, 0.3) is 0 Å². The first-order chi connectivity index (χ1) is 11.0. The van der Waals surface area contributed by atoms with Crippen molar-refractivity contribution in [2.24, 2.45) is 0 Å². The molecular weight excluding hydrogens is 314 g/mol. The molecule has 2 rings (SSSR count). The maximum atomic E-state index is 12.1. The Labute approximate surface area is 140 Å². The van der Waals surface area contributed by atoms with Crippen LogP contribution in [-0.2, 0) is 11.2 Å². The van der Waals surface area contributed by atoms with Crippen molar-refractivity contribution in [1.82, 2.24) is 5.32 Å². The molecule has 0 aromatic heterocycles. The summed E-state index contributed by atoms with van der Waals surface area (Å²) in [7, 11) is 0. The van der Waals surface area contributed by atoms with E-state index in [-0.39, 0.29) is 18.3 Å². The Morgan fingerprint density at radius 1 is 1.13 bits per heavy atom. The molecule has 1 N–H and O–H groups in total. The van der Waals surface area contributed by atoms with Crippen LogP contribution in [0.1, 0.15) is 22.8 Å². The number of nitrogens with one attached hydrogen (secondary N) is 1. The maximum Gasteiger partial charge on any atom is 0.216 e. The van der Waals surface area contributed by atoms with Gasteiger partial charge in [-0.25, -0.2) is 0 Å².